The number of hydrogen-bond acceptors (Lipinski definition) is 1. The summed E-state index contributed by atoms with van der Waals surface area (Å²) in [6.07, 6.45) is 0. The van der Waals surface area contributed by atoms with E-state index in [0.29, 0.717) is 0 Å². The van der Waals surface area contributed by atoms with Crippen molar-refractivity contribution in [3.05, 3.63) is 206 Å². The normalized spacial score (nSPS) is 11.5. The van der Waals surface area contributed by atoms with E-state index in [-0.39, 0.29) is 0 Å². The van der Waals surface area contributed by atoms with Gasteiger partial charge in [-0.15, -0.1) is 0 Å². The second-order valence-corrected chi connectivity index (χ2v) is 13.4. The minimum Gasteiger partial charge on any atom is -0.310 e. The maximum absolute atomic E-state index is 2.43. The minimum atomic E-state index is 1.10. The van der Waals surface area contributed by atoms with Gasteiger partial charge < -0.3 is 9.47 Å². The van der Waals surface area contributed by atoms with Crippen molar-refractivity contribution in [1.82, 2.24) is 4.57 Å². The molecule has 2 nitrogen and oxygen atoms in total. The molecular weight excluding hydrogens is 629 g/mol. The average molecular weight is 663 g/mol. The third-order valence-electron chi connectivity index (χ3n) is 10.3. The van der Waals surface area contributed by atoms with E-state index in [0.717, 1.165) is 22.7 Å². The molecule has 1 aromatic heterocycles. The summed E-state index contributed by atoms with van der Waals surface area (Å²) in [6.45, 7) is 0. The van der Waals surface area contributed by atoms with Crippen LogP contribution in [0.5, 0.6) is 0 Å². The van der Waals surface area contributed by atoms with Gasteiger partial charge in [0.15, 0.2) is 0 Å². The standard InChI is InChI=1S/C50H34N2/c1-4-14-35(15-5-1)44-30-28-41(33-46(44)36-16-6-2-7-17-36)51(40-27-26-38-25-24-37-18-10-11-21-43(37)47(38)32-40)42-29-31-50-48(34-42)45-22-12-13-23-49(45)52(50)39-19-8-3-9-20-39/h1-34H. The topological polar surface area (TPSA) is 8.17 Å². The van der Waals surface area contributed by atoms with Crippen molar-refractivity contribution < 1.29 is 0 Å². The molecule has 10 rings (SSSR count). The summed E-state index contributed by atoms with van der Waals surface area (Å²) in [6, 6.07) is 74.8. The number of aromatic nitrogens is 1. The summed E-state index contributed by atoms with van der Waals surface area (Å²) in [4.78, 5) is 2.43. The minimum absolute atomic E-state index is 1.10. The Labute approximate surface area is 303 Å². The Morgan fingerprint density at radius 1 is 0.308 bits per heavy atom. The van der Waals surface area contributed by atoms with Crippen LogP contribution in [0.2, 0.25) is 0 Å². The van der Waals surface area contributed by atoms with E-state index in [9.17, 15) is 0 Å². The van der Waals surface area contributed by atoms with Crippen LogP contribution < -0.4 is 4.90 Å². The molecule has 0 unspecified atom stereocenters. The second kappa shape index (κ2) is 12.5. The van der Waals surface area contributed by atoms with E-state index in [1.54, 1.807) is 0 Å². The molecule has 10 aromatic rings. The number of hydrogen-bond donors (Lipinski definition) is 0. The molecule has 0 N–H and O–H groups in total. The van der Waals surface area contributed by atoms with Gasteiger partial charge in [-0.25, -0.2) is 0 Å². The van der Waals surface area contributed by atoms with Gasteiger partial charge in [0.25, 0.3) is 0 Å². The highest BCUT2D eigenvalue weighted by Gasteiger charge is 2.20. The van der Waals surface area contributed by atoms with Crippen LogP contribution in [-0.4, -0.2) is 4.57 Å². The number of nitrogens with zero attached hydrogens (tertiary/aromatic N) is 2. The maximum atomic E-state index is 2.43. The molecule has 0 saturated heterocycles. The molecule has 0 aliphatic carbocycles. The van der Waals surface area contributed by atoms with Gasteiger partial charge in [0.05, 0.1) is 11.0 Å². The van der Waals surface area contributed by atoms with Gasteiger partial charge in [-0.2, -0.15) is 0 Å². The van der Waals surface area contributed by atoms with Gasteiger partial charge in [0, 0.05) is 33.5 Å². The lowest BCUT2D eigenvalue weighted by Gasteiger charge is -2.27. The first-order chi connectivity index (χ1) is 25.8. The van der Waals surface area contributed by atoms with Crippen molar-refractivity contribution in [2.75, 3.05) is 4.90 Å². The number of rotatable bonds is 6. The molecule has 0 aliphatic rings. The fraction of sp³-hybridized carbons (Fsp3) is 0. The molecule has 244 valence electrons. The molecule has 9 aromatic carbocycles. The summed E-state index contributed by atoms with van der Waals surface area (Å²) in [5.74, 6) is 0. The molecule has 0 saturated carbocycles. The molecule has 52 heavy (non-hydrogen) atoms. The zero-order valence-corrected chi connectivity index (χ0v) is 28.5. The van der Waals surface area contributed by atoms with Gasteiger partial charge in [-0.05, 0) is 104 Å². The molecule has 0 fully saturated rings. The van der Waals surface area contributed by atoms with Crippen LogP contribution in [0, 0.1) is 0 Å². The van der Waals surface area contributed by atoms with Crippen molar-refractivity contribution in [3.63, 3.8) is 0 Å². The molecule has 1 heterocycles. The van der Waals surface area contributed by atoms with Crippen molar-refractivity contribution in [3.8, 4) is 27.9 Å². The van der Waals surface area contributed by atoms with Gasteiger partial charge in [0.2, 0.25) is 0 Å². The largest absolute Gasteiger partial charge is 0.310 e. The summed E-state index contributed by atoms with van der Waals surface area (Å²) in [5.41, 5.74) is 11.7. The van der Waals surface area contributed by atoms with E-state index < -0.39 is 0 Å². The quantitative estimate of drug-likeness (QED) is 0.161. The van der Waals surface area contributed by atoms with E-state index in [1.807, 2.05) is 0 Å². The summed E-state index contributed by atoms with van der Waals surface area (Å²) in [5, 5.41) is 7.43. The Kier molecular flexibility index (Phi) is 7.18. The molecule has 0 atom stereocenters. The average Bonchev–Trinajstić information content (AvgIpc) is 3.55. The van der Waals surface area contributed by atoms with E-state index in [1.165, 1.54) is 65.6 Å². The molecular formula is C50H34N2. The monoisotopic (exact) mass is 662 g/mol. The van der Waals surface area contributed by atoms with Crippen LogP contribution in [-0.2, 0) is 0 Å². The molecule has 0 aliphatic heterocycles. The summed E-state index contributed by atoms with van der Waals surface area (Å²) >= 11 is 0. The molecule has 0 spiro atoms. The Balaban J connectivity index is 1.24. The zero-order chi connectivity index (χ0) is 34.4. The fourth-order valence-corrected chi connectivity index (χ4v) is 7.93. The molecule has 0 amide bonds. The third kappa shape index (κ3) is 5.04. The first-order valence-corrected chi connectivity index (χ1v) is 17.9. The maximum Gasteiger partial charge on any atom is 0.0542 e. The SMILES string of the molecule is c1ccc(-c2ccc(N(c3ccc4ccc5ccccc5c4c3)c3ccc4c(c3)c3ccccc3n4-c3ccccc3)cc2-c2ccccc2)cc1. The highest BCUT2D eigenvalue weighted by molar-refractivity contribution is 6.12. The lowest BCUT2D eigenvalue weighted by atomic mass is 9.93. The smallest absolute Gasteiger partial charge is 0.0542 e. The highest BCUT2D eigenvalue weighted by Crippen LogP contribution is 2.44. The van der Waals surface area contributed by atoms with E-state index >= 15 is 0 Å². The van der Waals surface area contributed by atoms with Crippen molar-refractivity contribution >= 4 is 60.4 Å². The first-order valence-electron chi connectivity index (χ1n) is 17.9. The van der Waals surface area contributed by atoms with Gasteiger partial charge in [0.1, 0.15) is 0 Å². The summed E-state index contributed by atoms with van der Waals surface area (Å²) in [7, 11) is 0. The Morgan fingerprint density at radius 3 is 1.56 bits per heavy atom. The predicted octanol–water partition coefficient (Wildman–Crippen LogP) is 13.9. The first kappa shape index (κ1) is 30.0. The van der Waals surface area contributed by atoms with Crippen LogP contribution in [0.1, 0.15) is 0 Å². The van der Waals surface area contributed by atoms with Crippen molar-refractivity contribution in [2.45, 2.75) is 0 Å². The van der Waals surface area contributed by atoms with Crippen LogP contribution in [0.15, 0.2) is 206 Å². The molecule has 2 heteroatoms. The lowest BCUT2D eigenvalue weighted by Crippen LogP contribution is -2.10. The fourth-order valence-electron chi connectivity index (χ4n) is 7.93. The number of fused-ring (bicyclic) bond motifs is 6. The number of benzene rings is 9. The molecule has 0 bridgehead atoms. The van der Waals surface area contributed by atoms with Crippen LogP contribution in [0.4, 0.5) is 17.1 Å². The zero-order valence-electron chi connectivity index (χ0n) is 28.5. The number of anilines is 3. The van der Waals surface area contributed by atoms with Crippen molar-refractivity contribution in [1.29, 1.82) is 0 Å². The molecule has 0 radical (unpaired) electrons. The Hall–Kier alpha value is -6.90. The Bertz CT molecular complexity index is 2890. The Morgan fingerprint density at radius 2 is 0.808 bits per heavy atom. The van der Waals surface area contributed by atoms with E-state index in [4.69, 9.17) is 0 Å². The van der Waals surface area contributed by atoms with Crippen LogP contribution in [0.3, 0.4) is 0 Å². The highest BCUT2D eigenvalue weighted by atomic mass is 15.1. The summed E-state index contributed by atoms with van der Waals surface area (Å²) < 4.78 is 2.38. The van der Waals surface area contributed by atoms with Gasteiger partial charge >= 0.3 is 0 Å². The van der Waals surface area contributed by atoms with Crippen LogP contribution >= 0.6 is 0 Å². The van der Waals surface area contributed by atoms with E-state index in [2.05, 4.69) is 216 Å². The lowest BCUT2D eigenvalue weighted by molar-refractivity contribution is 1.18. The van der Waals surface area contributed by atoms with Crippen molar-refractivity contribution in [2.24, 2.45) is 0 Å². The van der Waals surface area contributed by atoms with Gasteiger partial charge in [-0.3, -0.25) is 0 Å². The second-order valence-electron chi connectivity index (χ2n) is 13.4. The van der Waals surface area contributed by atoms with Crippen LogP contribution in [0.25, 0.3) is 71.3 Å². The third-order valence-corrected chi connectivity index (χ3v) is 10.3. The predicted molar refractivity (Wildman–Crippen MR) is 221 cm³/mol. The van der Waals surface area contributed by atoms with Gasteiger partial charge in [-0.1, -0.05) is 146 Å². The number of para-hydroxylation sites is 2.